The fraction of sp³-hybridized carbons (Fsp3) is 0.250. The molecule has 0 amide bonds. The normalized spacial score (nSPS) is 10.3. The van der Waals surface area contributed by atoms with E-state index in [1.807, 2.05) is 36.4 Å². The molecular weight excluding hydrogens is 268 g/mol. The fourth-order valence-electron chi connectivity index (χ4n) is 2.02. The highest BCUT2D eigenvalue weighted by Gasteiger charge is 2.16. The lowest BCUT2D eigenvalue weighted by Gasteiger charge is -2.08. The first-order chi connectivity index (χ1) is 10.2. The van der Waals surface area contributed by atoms with Crippen LogP contribution in [0, 0.1) is 10.1 Å². The molecule has 0 aromatic heterocycles. The molecule has 5 nitrogen and oxygen atoms in total. The molecular formula is C16H18N2O3. The monoisotopic (exact) mass is 286 g/mol. The molecule has 0 saturated carbocycles. The number of aryl methyl sites for hydroxylation is 1. The minimum atomic E-state index is -0.410. The van der Waals surface area contributed by atoms with Crippen LogP contribution < -0.4 is 10.5 Å². The Morgan fingerprint density at radius 2 is 1.86 bits per heavy atom. The number of rotatable bonds is 7. The van der Waals surface area contributed by atoms with E-state index >= 15 is 0 Å². The van der Waals surface area contributed by atoms with Gasteiger partial charge in [-0.1, -0.05) is 36.4 Å². The van der Waals surface area contributed by atoms with E-state index in [1.165, 1.54) is 0 Å². The van der Waals surface area contributed by atoms with Gasteiger partial charge in [-0.05, 0) is 36.6 Å². The van der Waals surface area contributed by atoms with Crippen LogP contribution in [0.5, 0.6) is 5.75 Å². The molecule has 0 unspecified atom stereocenters. The van der Waals surface area contributed by atoms with Gasteiger partial charge in [0.25, 0.3) is 0 Å². The SMILES string of the molecule is NCCCc1ccc(OCc2ccccc2)c([N+](=O)[O-])c1. The molecule has 0 atom stereocenters. The number of nitro groups is 1. The van der Waals surface area contributed by atoms with Crippen LogP contribution in [0.4, 0.5) is 5.69 Å². The van der Waals surface area contributed by atoms with Crippen LogP contribution in [0.3, 0.4) is 0 Å². The maximum Gasteiger partial charge on any atom is 0.311 e. The van der Waals surface area contributed by atoms with Crippen molar-refractivity contribution in [3.8, 4) is 5.75 Å². The van der Waals surface area contributed by atoms with Crippen molar-refractivity contribution in [1.82, 2.24) is 0 Å². The molecule has 0 aliphatic rings. The van der Waals surface area contributed by atoms with E-state index in [2.05, 4.69) is 0 Å². The molecule has 2 rings (SSSR count). The maximum atomic E-state index is 11.2. The summed E-state index contributed by atoms with van der Waals surface area (Å²) in [7, 11) is 0. The number of benzene rings is 2. The van der Waals surface area contributed by atoms with E-state index in [1.54, 1.807) is 12.1 Å². The molecule has 2 N–H and O–H groups in total. The Balaban J connectivity index is 2.12. The summed E-state index contributed by atoms with van der Waals surface area (Å²) in [6.45, 7) is 0.879. The molecule has 0 heterocycles. The van der Waals surface area contributed by atoms with Gasteiger partial charge in [-0.15, -0.1) is 0 Å². The van der Waals surface area contributed by atoms with Crippen LogP contribution in [-0.4, -0.2) is 11.5 Å². The van der Waals surface area contributed by atoms with Crippen molar-refractivity contribution in [3.63, 3.8) is 0 Å². The molecule has 0 bridgehead atoms. The number of ether oxygens (including phenoxy) is 1. The standard InChI is InChI=1S/C16H18N2O3/c17-10-4-7-13-8-9-16(15(11-13)18(19)20)21-12-14-5-2-1-3-6-14/h1-3,5-6,8-9,11H,4,7,10,12,17H2. The van der Waals surface area contributed by atoms with Crippen LogP contribution in [0.25, 0.3) is 0 Å². The van der Waals surface area contributed by atoms with E-state index in [4.69, 9.17) is 10.5 Å². The van der Waals surface area contributed by atoms with Crippen molar-refractivity contribution in [1.29, 1.82) is 0 Å². The van der Waals surface area contributed by atoms with Crippen molar-refractivity contribution in [3.05, 3.63) is 69.8 Å². The Morgan fingerprint density at radius 3 is 2.52 bits per heavy atom. The van der Waals surface area contributed by atoms with E-state index in [-0.39, 0.29) is 5.69 Å². The third kappa shape index (κ3) is 4.29. The Morgan fingerprint density at radius 1 is 1.10 bits per heavy atom. The van der Waals surface area contributed by atoms with Crippen LogP contribution >= 0.6 is 0 Å². The zero-order valence-electron chi connectivity index (χ0n) is 11.7. The summed E-state index contributed by atoms with van der Waals surface area (Å²) in [5.41, 5.74) is 7.33. The van der Waals surface area contributed by atoms with Gasteiger partial charge in [0, 0.05) is 6.07 Å². The first kappa shape index (κ1) is 15.0. The Kier molecular flexibility index (Phi) is 5.29. The van der Waals surface area contributed by atoms with Gasteiger partial charge in [0.05, 0.1) is 4.92 Å². The highest BCUT2D eigenvalue weighted by molar-refractivity contribution is 5.48. The first-order valence-electron chi connectivity index (χ1n) is 6.85. The third-order valence-electron chi connectivity index (χ3n) is 3.13. The van der Waals surface area contributed by atoms with Gasteiger partial charge in [0.15, 0.2) is 5.75 Å². The molecule has 2 aromatic rings. The Hall–Kier alpha value is -2.40. The quantitative estimate of drug-likeness (QED) is 0.626. The summed E-state index contributed by atoms with van der Waals surface area (Å²) >= 11 is 0. The van der Waals surface area contributed by atoms with E-state index in [0.717, 1.165) is 24.0 Å². The van der Waals surface area contributed by atoms with Gasteiger partial charge in [-0.3, -0.25) is 10.1 Å². The second-order valence-electron chi connectivity index (χ2n) is 4.73. The zero-order valence-corrected chi connectivity index (χ0v) is 11.7. The highest BCUT2D eigenvalue weighted by Crippen LogP contribution is 2.29. The fourth-order valence-corrected chi connectivity index (χ4v) is 2.02. The van der Waals surface area contributed by atoms with Gasteiger partial charge >= 0.3 is 5.69 Å². The second kappa shape index (κ2) is 7.40. The van der Waals surface area contributed by atoms with Gasteiger partial charge in [-0.2, -0.15) is 0 Å². The van der Waals surface area contributed by atoms with Crippen LogP contribution in [0.15, 0.2) is 48.5 Å². The highest BCUT2D eigenvalue weighted by atomic mass is 16.6. The van der Waals surface area contributed by atoms with Crippen molar-refractivity contribution >= 4 is 5.69 Å². The second-order valence-corrected chi connectivity index (χ2v) is 4.73. The number of hydrogen-bond donors (Lipinski definition) is 1. The number of nitrogens with two attached hydrogens (primary N) is 1. The van der Waals surface area contributed by atoms with Crippen LogP contribution in [0.1, 0.15) is 17.5 Å². The molecule has 110 valence electrons. The lowest BCUT2D eigenvalue weighted by Crippen LogP contribution is -2.02. The lowest BCUT2D eigenvalue weighted by atomic mass is 10.1. The van der Waals surface area contributed by atoms with Crippen LogP contribution in [0.2, 0.25) is 0 Å². The van der Waals surface area contributed by atoms with Crippen LogP contribution in [-0.2, 0) is 13.0 Å². The van der Waals surface area contributed by atoms with E-state index in [9.17, 15) is 10.1 Å². The summed E-state index contributed by atoms with van der Waals surface area (Å²) in [4.78, 5) is 10.7. The van der Waals surface area contributed by atoms with Crippen molar-refractivity contribution in [2.24, 2.45) is 5.73 Å². The molecule has 0 spiro atoms. The summed E-state index contributed by atoms with van der Waals surface area (Å²) < 4.78 is 5.58. The topological polar surface area (TPSA) is 78.4 Å². The Bertz CT molecular complexity index is 600. The third-order valence-corrected chi connectivity index (χ3v) is 3.13. The predicted octanol–water partition coefficient (Wildman–Crippen LogP) is 3.07. The van der Waals surface area contributed by atoms with Crippen molar-refractivity contribution in [2.45, 2.75) is 19.4 Å². The summed E-state index contributed by atoms with van der Waals surface area (Å²) in [5, 5.41) is 11.2. The lowest BCUT2D eigenvalue weighted by molar-refractivity contribution is -0.386. The van der Waals surface area contributed by atoms with Gasteiger partial charge < -0.3 is 10.5 Å². The minimum Gasteiger partial charge on any atom is -0.482 e. The summed E-state index contributed by atoms with van der Waals surface area (Å²) in [6, 6.07) is 14.6. The summed E-state index contributed by atoms with van der Waals surface area (Å²) in [5.74, 6) is 0.292. The number of hydrogen-bond acceptors (Lipinski definition) is 4. The zero-order chi connectivity index (χ0) is 15.1. The largest absolute Gasteiger partial charge is 0.482 e. The molecule has 0 saturated heterocycles. The molecule has 0 radical (unpaired) electrons. The predicted molar refractivity (Wildman–Crippen MR) is 81.2 cm³/mol. The van der Waals surface area contributed by atoms with Gasteiger partial charge in [-0.25, -0.2) is 0 Å². The smallest absolute Gasteiger partial charge is 0.311 e. The van der Waals surface area contributed by atoms with Crippen molar-refractivity contribution < 1.29 is 9.66 Å². The molecule has 21 heavy (non-hydrogen) atoms. The summed E-state index contributed by atoms with van der Waals surface area (Å²) in [6.07, 6.45) is 1.54. The van der Waals surface area contributed by atoms with E-state index in [0.29, 0.717) is 18.9 Å². The van der Waals surface area contributed by atoms with Crippen molar-refractivity contribution in [2.75, 3.05) is 6.54 Å². The van der Waals surface area contributed by atoms with Gasteiger partial charge in [0.1, 0.15) is 6.61 Å². The maximum absolute atomic E-state index is 11.2. The average molecular weight is 286 g/mol. The van der Waals surface area contributed by atoms with Gasteiger partial charge in [0.2, 0.25) is 0 Å². The molecule has 0 fully saturated rings. The van der Waals surface area contributed by atoms with E-state index < -0.39 is 4.92 Å². The molecule has 0 aliphatic carbocycles. The molecule has 2 aromatic carbocycles. The average Bonchev–Trinajstić information content (AvgIpc) is 2.52. The first-order valence-corrected chi connectivity index (χ1v) is 6.85. The minimum absolute atomic E-state index is 0.000419. The molecule has 5 heteroatoms. The number of nitrogens with zero attached hydrogens (tertiary/aromatic N) is 1. The molecule has 0 aliphatic heterocycles. The Labute approximate surface area is 123 Å². The number of nitro benzene ring substituents is 1.